The van der Waals surface area contributed by atoms with E-state index in [2.05, 4.69) is 9.97 Å². The minimum Gasteiger partial charge on any atom is -0.254 e. The number of aromatic nitrogens is 2. The number of hydrogen-bond acceptors (Lipinski definition) is 3. The van der Waals surface area contributed by atoms with E-state index in [4.69, 9.17) is 17.8 Å². The van der Waals surface area contributed by atoms with Crippen LogP contribution in [0.4, 0.5) is 0 Å². The molecule has 0 radical (unpaired) electrons. The molecule has 3 aromatic heterocycles. The number of benzene rings is 11. The Balaban J connectivity index is 1.28. The lowest BCUT2D eigenvalue weighted by atomic mass is 9.85. The molecule has 2 nitrogen and oxygen atoms in total. The highest BCUT2D eigenvalue weighted by atomic mass is 32.1. The van der Waals surface area contributed by atoms with E-state index < -0.39 is 383 Å². The average Bonchev–Trinajstić information content (AvgIpc) is 1.68. The van der Waals surface area contributed by atoms with Gasteiger partial charge in [0.25, 0.3) is 0 Å². The number of hydrogen-bond donors (Lipinski definition) is 0. The lowest BCUT2D eigenvalue weighted by molar-refractivity contribution is 1.37. The second kappa shape index (κ2) is 16.0. The highest BCUT2D eigenvalue weighted by molar-refractivity contribution is 7.20. The molecule has 0 aliphatic rings. The molecule has 0 aliphatic carbocycles. The number of nitrogens with zero attached hydrogens (tertiary/aromatic N) is 2. The Kier molecular flexibility index (Phi) is 3.81. The standard InChI is InChI=1S/C66H40N2S/c1-4-22-46-41(15-1)18-11-29-56(46)61-62(57-30-12-19-42-16-2-5-23-47(42)57)66(69-65(61)58-31-13-20-43-17-3-6-24-48(43)58)59-38-36-54(50-26-8-10-28-52(50)59)53-35-37-55(51-27-9-7-25-49(51)53)60-39-34-45-33-32-44-21-14-40-67-63(44)64(45)68-60/h1-40H/i1D,2D,3D,4D,5D,6D,7D,8D,9D,10D,11D,12D,13D,14D,15D,16D,17D,18D,19D,20D,21D,22D,23D,24D,25D,26D,27D,28D,29D,30D,31D,32D,33D,34D,35D,36D,37D,38D,39D,40D. The van der Waals surface area contributed by atoms with Gasteiger partial charge in [-0.1, -0.05) is 224 Å². The molecular weight excluding hydrogens is 853 g/mol. The van der Waals surface area contributed by atoms with Crippen molar-refractivity contribution in [3.63, 3.8) is 0 Å². The molecule has 0 spiro atoms. The van der Waals surface area contributed by atoms with Crippen LogP contribution < -0.4 is 0 Å². The minimum absolute atomic E-state index is 0.123. The number of fused-ring (bicyclic) bond motifs is 8. The molecule has 14 aromatic rings. The molecule has 3 heterocycles. The molecule has 11 aromatic carbocycles. The molecule has 3 heteroatoms. The summed E-state index contributed by atoms with van der Waals surface area (Å²) in [5.41, 5.74) is -10.7. The molecule has 0 atom stereocenters. The molecule has 69 heavy (non-hydrogen) atoms. The molecule has 320 valence electrons. The Morgan fingerprint density at radius 3 is 1.22 bits per heavy atom. The second-order valence-electron chi connectivity index (χ2n) is 14.9. The second-order valence-corrected chi connectivity index (χ2v) is 15.9. The van der Waals surface area contributed by atoms with E-state index in [1.807, 2.05) is 0 Å². The summed E-state index contributed by atoms with van der Waals surface area (Å²) in [7, 11) is 0. The minimum atomic E-state index is -1.33. The molecule has 0 bridgehead atoms. The lowest BCUT2D eigenvalue weighted by Crippen LogP contribution is -1.92. The zero-order chi connectivity index (χ0) is 80.2. The average molecular weight is 933 g/mol. The lowest BCUT2D eigenvalue weighted by Gasteiger charge is -2.17. The first-order chi connectivity index (χ1) is 50.9. The maximum atomic E-state index is 10.6. The van der Waals surface area contributed by atoms with Crippen LogP contribution in [0, 0.1) is 0 Å². The van der Waals surface area contributed by atoms with Crippen molar-refractivity contribution < 1.29 is 54.8 Å². The Bertz CT molecular complexity index is 6760. The van der Waals surface area contributed by atoms with Crippen LogP contribution in [0.5, 0.6) is 0 Å². The van der Waals surface area contributed by atoms with Crippen LogP contribution in [-0.2, 0) is 0 Å². The zero-order valence-corrected chi connectivity index (χ0v) is 35.1. The molecule has 0 N–H and O–H groups in total. The van der Waals surface area contributed by atoms with Gasteiger partial charge < -0.3 is 0 Å². The summed E-state index contributed by atoms with van der Waals surface area (Å²) < 4.78 is 375. The van der Waals surface area contributed by atoms with Crippen LogP contribution in [0.3, 0.4) is 0 Å². The van der Waals surface area contributed by atoms with Gasteiger partial charge in [-0.2, -0.15) is 0 Å². The quantitative estimate of drug-likeness (QED) is 0.155. The third kappa shape index (κ3) is 6.32. The van der Waals surface area contributed by atoms with Gasteiger partial charge in [0.15, 0.2) is 0 Å². The van der Waals surface area contributed by atoms with Gasteiger partial charge in [-0.3, -0.25) is 4.98 Å². The third-order valence-electron chi connectivity index (χ3n) is 11.2. The third-order valence-corrected chi connectivity index (χ3v) is 12.5. The van der Waals surface area contributed by atoms with Crippen molar-refractivity contribution in [3.05, 3.63) is 242 Å². The summed E-state index contributed by atoms with van der Waals surface area (Å²) >= 11 is 0.123. The normalized spacial score (nSPS) is 19.9. The Morgan fingerprint density at radius 2 is 0.652 bits per heavy atom. The summed E-state index contributed by atoms with van der Waals surface area (Å²) in [4.78, 5) is 6.84. The van der Waals surface area contributed by atoms with Crippen molar-refractivity contribution >= 4 is 87.0 Å². The van der Waals surface area contributed by atoms with Crippen LogP contribution in [0.1, 0.15) is 54.8 Å². The molecule has 0 aliphatic heterocycles. The van der Waals surface area contributed by atoms with Crippen molar-refractivity contribution in [2.45, 2.75) is 0 Å². The monoisotopic (exact) mass is 933 g/mol. The maximum absolute atomic E-state index is 10.6. The van der Waals surface area contributed by atoms with Gasteiger partial charge in [-0.25, -0.2) is 4.98 Å². The van der Waals surface area contributed by atoms with Crippen molar-refractivity contribution in [2.75, 3.05) is 0 Å². The van der Waals surface area contributed by atoms with Gasteiger partial charge in [0.1, 0.15) is 0 Å². The van der Waals surface area contributed by atoms with Crippen molar-refractivity contribution in [1.82, 2.24) is 9.97 Å². The molecule has 14 rings (SSSR count). The van der Waals surface area contributed by atoms with Crippen LogP contribution in [0.15, 0.2) is 242 Å². The van der Waals surface area contributed by atoms with Gasteiger partial charge in [0.05, 0.1) is 71.6 Å². The highest BCUT2D eigenvalue weighted by Gasteiger charge is 2.28. The fourth-order valence-electron chi connectivity index (χ4n) is 8.27. The van der Waals surface area contributed by atoms with Gasteiger partial charge in [-0.05, 0) is 88.2 Å². The van der Waals surface area contributed by atoms with Gasteiger partial charge >= 0.3 is 0 Å². The van der Waals surface area contributed by atoms with E-state index in [1.54, 1.807) is 0 Å². The molecule has 0 fully saturated rings. The van der Waals surface area contributed by atoms with E-state index in [9.17, 15) is 37.0 Å². The SMILES string of the molecule is [2H]c1nc2c(c([2H])c1[2H])c([2H])c([2H])c1c([2H])c([2H])c(-c3c([2H])c([2H])c(-c4c([2H])c([2H])c(-c5sc(-c6c([2H])c([2H])c([2H])c7c([2H])c([2H])c([2H])c([2H])c67)c(-c6c([2H])c([2H])c([2H])c7c([2H])c([2H])c([2H])c([2H])c67)c5-c5c([2H])c([2H])c([2H])c6c([2H])c([2H])c([2H])c([2H])c56)c5c([2H])c([2H])c([2H])c([2H])c45)c4c([2H])c([2H])c([2H])c([2H])c34)nc12. The van der Waals surface area contributed by atoms with E-state index in [0.29, 0.717) is 0 Å². The smallest absolute Gasteiger partial charge is 0.0972 e. The van der Waals surface area contributed by atoms with Crippen molar-refractivity contribution in [2.24, 2.45) is 0 Å². The van der Waals surface area contributed by atoms with Crippen molar-refractivity contribution in [3.8, 4) is 65.5 Å². The molecule has 0 saturated heterocycles. The number of rotatable bonds is 6. The fraction of sp³-hybridized carbons (Fsp3) is 0. The van der Waals surface area contributed by atoms with Crippen LogP contribution in [-0.4, -0.2) is 9.97 Å². The Labute approximate surface area is 459 Å². The predicted octanol–water partition coefficient (Wildman–Crippen LogP) is 18.6. The maximum Gasteiger partial charge on any atom is 0.0972 e. The molecule has 0 unspecified atom stereocenters. The summed E-state index contributed by atoms with van der Waals surface area (Å²) in [5.74, 6) is 0. The number of pyridine rings is 2. The largest absolute Gasteiger partial charge is 0.254 e. The highest BCUT2D eigenvalue weighted by Crippen LogP contribution is 2.56. The van der Waals surface area contributed by atoms with Crippen molar-refractivity contribution in [1.29, 1.82) is 0 Å². The first-order valence-corrected chi connectivity index (χ1v) is 21.1. The molecule has 0 amide bonds. The first-order valence-electron chi connectivity index (χ1n) is 40.3. The number of thiophene rings is 1. The summed E-state index contributed by atoms with van der Waals surface area (Å²) in [6.07, 6.45) is -0.852. The van der Waals surface area contributed by atoms with E-state index in [1.165, 1.54) is 0 Å². The van der Waals surface area contributed by atoms with Crippen LogP contribution >= 0.6 is 11.3 Å². The van der Waals surface area contributed by atoms with Gasteiger partial charge in [0.2, 0.25) is 0 Å². The predicted molar refractivity (Wildman–Crippen MR) is 295 cm³/mol. The van der Waals surface area contributed by atoms with Crippen LogP contribution in [0.25, 0.3) is 141 Å². The summed E-state index contributed by atoms with van der Waals surface area (Å²) in [6, 6.07) is -42.5. The topological polar surface area (TPSA) is 25.8 Å². The van der Waals surface area contributed by atoms with Crippen LogP contribution in [0.2, 0.25) is 0 Å². The van der Waals surface area contributed by atoms with Gasteiger partial charge in [0, 0.05) is 54.5 Å². The Morgan fingerprint density at radius 1 is 0.275 bits per heavy atom. The van der Waals surface area contributed by atoms with Gasteiger partial charge in [-0.15, -0.1) is 11.3 Å². The fourth-order valence-corrected chi connectivity index (χ4v) is 9.60. The summed E-state index contributed by atoms with van der Waals surface area (Å²) in [6.45, 7) is 0. The molecule has 0 saturated carbocycles. The first kappa shape index (κ1) is 16.5. The molecular formula is C66H40N2S. The Hall–Kier alpha value is -8.76. The van der Waals surface area contributed by atoms with E-state index >= 15 is 0 Å². The zero-order valence-electron chi connectivity index (χ0n) is 74.3. The summed E-state index contributed by atoms with van der Waals surface area (Å²) in [5, 5.41) is -10.0. The van der Waals surface area contributed by atoms with E-state index in [0.717, 1.165) is 0 Å². The van der Waals surface area contributed by atoms with E-state index in [-0.39, 0.29) is 11.3 Å².